The van der Waals surface area contributed by atoms with Gasteiger partial charge in [0.05, 0.1) is 25.3 Å². The number of nitrogens with zero attached hydrogens (tertiary/aromatic N) is 1. The molecule has 0 aromatic carbocycles. The molecule has 0 saturated heterocycles. The average Bonchev–Trinajstić information content (AvgIpc) is 3.15. The lowest BCUT2D eigenvalue weighted by Gasteiger charge is -2.21. The molecule has 0 bridgehead atoms. The fraction of sp³-hybridized carbons (Fsp3) is 0.529. The highest BCUT2D eigenvalue weighted by atomic mass is 16.4. The van der Waals surface area contributed by atoms with Gasteiger partial charge in [0, 0.05) is 18.3 Å². The molecule has 0 radical (unpaired) electrons. The molecular formula is C17H27N7O6. The van der Waals surface area contributed by atoms with E-state index in [0.717, 1.165) is 0 Å². The Kier molecular flexibility index (Phi) is 9.42. The van der Waals surface area contributed by atoms with Crippen molar-refractivity contribution in [2.45, 2.75) is 44.8 Å². The molecule has 13 nitrogen and oxygen atoms in total. The van der Waals surface area contributed by atoms with Crippen molar-refractivity contribution in [1.82, 2.24) is 25.9 Å². The largest absolute Gasteiger partial charge is 0.480 e. The average molecular weight is 425 g/mol. The smallest absolute Gasteiger partial charge is 0.326 e. The Morgan fingerprint density at radius 2 is 1.83 bits per heavy atom. The van der Waals surface area contributed by atoms with E-state index in [-0.39, 0.29) is 12.3 Å². The number of aromatic nitrogens is 2. The molecule has 3 unspecified atom stereocenters. The van der Waals surface area contributed by atoms with E-state index in [4.69, 9.17) is 16.6 Å². The normalized spacial score (nSPS) is 13.7. The second-order valence-electron chi connectivity index (χ2n) is 6.96. The van der Waals surface area contributed by atoms with Gasteiger partial charge in [-0.05, 0) is 5.92 Å². The van der Waals surface area contributed by atoms with Crippen LogP contribution >= 0.6 is 0 Å². The van der Waals surface area contributed by atoms with Crippen LogP contribution in [0.1, 0.15) is 26.0 Å². The van der Waals surface area contributed by atoms with Gasteiger partial charge in [-0.15, -0.1) is 0 Å². The molecule has 0 aliphatic heterocycles. The zero-order chi connectivity index (χ0) is 22.8. The summed E-state index contributed by atoms with van der Waals surface area (Å²) >= 11 is 0. The van der Waals surface area contributed by atoms with E-state index in [9.17, 15) is 24.0 Å². The molecule has 0 fully saturated rings. The van der Waals surface area contributed by atoms with Gasteiger partial charge in [0.1, 0.15) is 12.1 Å². The van der Waals surface area contributed by atoms with Gasteiger partial charge >= 0.3 is 5.97 Å². The molecule has 166 valence electrons. The highest BCUT2D eigenvalue weighted by Gasteiger charge is 2.27. The number of hydrogen-bond donors (Lipinski definition) is 7. The molecule has 0 spiro atoms. The second kappa shape index (κ2) is 11.5. The monoisotopic (exact) mass is 425 g/mol. The predicted octanol–water partition coefficient (Wildman–Crippen LogP) is -3.02. The van der Waals surface area contributed by atoms with E-state index in [1.807, 2.05) is 0 Å². The Morgan fingerprint density at radius 3 is 2.33 bits per heavy atom. The van der Waals surface area contributed by atoms with Gasteiger partial charge in [-0.3, -0.25) is 19.2 Å². The number of primary amides is 1. The van der Waals surface area contributed by atoms with Crippen LogP contribution in [0, 0.1) is 5.92 Å². The molecule has 3 atom stereocenters. The summed E-state index contributed by atoms with van der Waals surface area (Å²) in [4.78, 5) is 65.4. The lowest BCUT2D eigenvalue weighted by molar-refractivity contribution is -0.143. The summed E-state index contributed by atoms with van der Waals surface area (Å²) in [5, 5.41) is 16.2. The summed E-state index contributed by atoms with van der Waals surface area (Å²) < 4.78 is 0. The maximum atomic E-state index is 12.5. The summed E-state index contributed by atoms with van der Waals surface area (Å²) in [7, 11) is 0. The van der Waals surface area contributed by atoms with Gasteiger partial charge in [0.2, 0.25) is 23.6 Å². The zero-order valence-corrected chi connectivity index (χ0v) is 16.7. The Hall–Kier alpha value is -3.48. The number of nitrogens with two attached hydrogens (primary N) is 2. The highest BCUT2D eigenvalue weighted by molar-refractivity contribution is 5.94. The van der Waals surface area contributed by atoms with Crippen molar-refractivity contribution in [2.24, 2.45) is 17.4 Å². The lowest BCUT2D eigenvalue weighted by atomic mass is 10.0. The third kappa shape index (κ3) is 8.26. The SMILES string of the molecule is CC(C)C(NC(=O)CNC(=O)C(Cc1cnc[nH]1)NC(=O)C(N)CC(N)=O)C(=O)O. The summed E-state index contributed by atoms with van der Waals surface area (Å²) in [6.07, 6.45) is 2.43. The minimum Gasteiger partial charge on any atom is -0.480 e. The molecule has 0 saturated carbocycles. The van der Waals surface area contributed by atoms with Crippen LogP contribution < -0.4 is 27.4 Å². The highest BCUT2D eigenvalue weighted by Crippen LogP contribution is 2.02. The van der Waals surface area contributed by atoms with Gasteiger partial charge in [-0.1, -0.05) is 13.8 Å². The van der Waals surface area contributed by atoms with Crippen molar-refractivity contribution >= 4 is 29.6 Å². The van der Waals surface area contributed by atoms with Crippen LogP contribution in [0.3, 0.4) is 0 Å². The van der Waals surface area contributed by atoms with Crippen molar-refractivity contribution in [2.75, 3.05) is 6.54 Å². The molecule has 0 aliphatic carbocycles. The molecule has 13 heteroatoms. The minimum atomic E-state index is -1.25. The van der Waals surface area contributed by atoms with Crippen LogP contribution in [-0.4, -0.2) is 69.3 Å². The first-order valence-electron chi connectivity index (χ1n) is 9.12. The molecule has 0 aliphatic rings. The zero-order valence-electron chi connectivity index (χ0n) is 16.7. The Labute approximate surface area is 172 Å². The standard InChI is InChI=1S/C17H27N7O6/c1-8(2)14(17(29)30)24-13(26)6-21-16(28)11(3-9-5-20-7-22-9)23-15(27)10(18)4-12(19)25/h5,7-8,10-11,14H,3-4,6,18H2,1-2H3,(H2,19,25)(H,20,22)(H,21,28)(H,23,27)(H,24,26)(H,29,30). The number of aliphatic carboxylic acids is 1. The van der Waals surface area contributed by atoms with Crippen molar-refractivity contribution < 1.29 is 29.1 Å². The van der Waals surface area contributed by atoms with Crippen LogP contribution in [0.5, 0.6) is 0 Å². The number of rotatable bonds is 12. The number of carboxylic acids is 1. The molecule has 1 heterocycles. The number of imidazole rings is 1. The first kappa shape index (κ1) is 24.6. The molecule has 4 amide bonds. The van der Waals surface area contributed by atoms with Crippen molar-refractivity contribution in [3.8, 4) is 0 Å². The molecule has 1 rings (SSSR count). The lowest BCUT2D eigenvalue weighted by Crippen LogP contribution is -2.55. The van der Waals surface area contributed by atoms with Crippen molar-refractivity contribution in [1.29, 1.82) is 0 Å². The number of amides is 4. The van der Waals surface area contributed by atoms with Crippen LogP contribution in [0.4, 0.5) is 0 Å². The molecular weight excluding hydrogens is 398 g/mol. The van der Waals surface area contributed by atoms with E-state index < -0.39 is 60.7 Å². The van der Waals surface area contributed by atoms with Crippen molar-refractivity contribution in [3.05, 3.63) is 18.2 Å². The Morgan fingerprint density at radius 1 is 1.17 bits per heavy atom. The third-order valence-electron chi connectivity index (χ3n) is 4.04. The first-order chi connectivity index (χ1) is 14.0. The molecule has 1 aromatic rings. The predicted molar refractivity (Wildman–Crippen MR) is 103 cm³/mol. The number of nitrogens with one attached hydrogen (secondary N) is 4. The molecule has 30 heavy (non-hydrogen) atoms. The van der Waals surface area contributed by atoms with Gasteiger partial charge < -0.3 is 37.5 Å². The number of H-pyrrole nitrogens is 1. The summed E-state index contributed by atoms with van der Waals surface area (Å²) in [6, 6.07) is -3.49. The van der Waals surface area contributed by atoms with E-state index in [0.29, 0.717) is 5.69 Å². The first-order valence-corrected chi connectivity index (χ1v) is 9.12. The number of hydrogen-bond acceptors (Lipinski definition) is 7. The third-order valence-corrected chi connectivity index (χ3v) is 4.04. The number of aromatic amines is 1. The minimum absolute atomic E-state index is 0.00618. The number of carbonyl (C=O) groups excluding carboxylic acids is 4. The van der Waals surface area contributed by atoms with Crippen molar-refractivity contribution in [3.63, 3.8) is 0 Å². The van der Waals surface area contributed by atoms with Gasteiger partial charge in [-0.25, -0.2) is 9.78 Å². The van der Waals surface area contributed by atoms with Crippen LogP contribution in [-0.2, 0) is 30.4 Å². The number of carboxylic acid groups (broad SMARTS) is 1. The summed E-state index contributed by atoms with van der Waals surface area (Å²) in [5.41, 5.74) is 11.1. The van der Waals surface area contributed by atoms with E-state index in [1.54, 1.807) is 13.8 Å². The van der Waals surface area contributed by atoms with Gasteiger partial charge in [-0.2, -0.15) is 0 Å². The van der Waals surface area contributed by atoms with E-state index in [1.165, 1.54) is 12.5 Å². The molecule has 1 aromatic heterocycles. The van der Waals surface area contributed by atoms with Crippen LogP contribution in [0.2, 0.25) is 0 Å². The fourth-order valence-corrected chi connectivity index (χ4v) is 2.44. The Balaban J connectivity index is 2.75. The second-order valence-corrected chi connectivity index (χ2v) is 6.96. The van der Waals surface area contributed by atoms with E-state index in [2.05, 4.69) is 25.9 Å². The summed E-state index contributed by atoms with van der Waals surface area (Å²) in [5.74, 6) is -4.53. The van der Waals surface area contributed by atoms with E-state index >= 15 is 0 Å². The summed E-state index contributed by atoms with van der Waals surface area (Å²) in [6.45, 7) is 2.75. The van der Waals surface area contributed by atoms with Gasteiger partial charge in [0.15, 0.2) is 0 Å². The number of carbonyl (C=O) groups is 5. The molecule has 9 N–H and O–H groups in total. The maximum Gasteiger partial charge on any atom is 0.326 e. The fourth-order valence-electron chi connectivity index (χ4n) is 2.44. The topological polar surface area (TPSA) is 222 Å². The quantitative estimate of drug-likeness (QED) is 0.182. The Bertz CT molecular complexity index is 765. The maximum absolute atomic E-state index is 12.5. The van der Waals surface area contributed by atoms with Gasteiger partial charge in [0.25, 0.3) is 0 Å². The van der Waals surface area contributed by atoms with Crippen LogP contribution in [0.15, 0.2) is 12.5 Å². The van der Waals surface area contributed by atoms with Crippen LogP contribution in [0.25, 0.3) is 0 Å².